The van der Waals surface area contributed by atoms with E-state index < -0.39 is 33.8 Å². The van der Waals surface area contributed by atoms with Gasteiger partial charge >= 0.3 is 5.97 Å². The maximum absolute atomic E-state index is 13.6. The molecule has 0 saturated carbocycles. The molecule has 2 aliphatic heterocycles. The number of nitrogens with zero attached hydrogens (tertiary/aromatic N) is 1. The number of hydrogen-bond donors (Lipinski definition) is 3. The zero-order valence-corrected chi connectivity index (χ0v) is 23.0. The number of halogens is 3. The summed E-state index contributed by atoms with van der Waals surface area (Å²) in [6.45, 7) is 0. The van der Waals surface area contributed by atoms with E-state index in [2.05, 4.69) is 30.7 Å². The molecule has 194 valence electrons. The van der Waals surface area contributed by atoms with Crippen molar-refractivity contribution >= 4 is 67.3 Å². The second-order valence-electron chi connectivity index (χ2n) is 7.73. The van der Waals surface area contributed by atoms with E-state index in [1.807, 2.05) is 0 Å². The van der Waals surface area contributed by atoms with E-state index >= 15 is 0 Å². The molecular formula is C23H19BrClFN4O5S2. The monoisotopic (exact) mass is 628 g/mol. The number of fused-ring (bicyclic) bond motifs is 1. The number of allylic oxidation sites excluding steroid dienone is 2. The minimum absolute atomic E-state index is 0.000178. The standard InChI is InChI=1S/C23H19BrClFN4O5S2/c1-35-23(32)19(10-13-4-7-17(26)16(24)9-13)28-22(31)15-6-5-14(25)11-18(15)29-37(33,34)21-3-2-8-30-20(21)12-27-36-30/h2-9,11-12,19,27,29H,10H2,1H3,(H,28,31)/t19-/m0/s1. The Kier molecular flexibility index (Phi) is 8.17. The second-order valence-corrected chi connectivity index (χ2v) is 11.5. The summed E-state index contributed by atoms with van der Waals surface area (Å²) < 4.78 is 52.1. The van der Waals surface area contributed by atoms with Crippen LogP contribution in [0.15, 0.2) is 76.0 Å². The molecular weight excluding hydrogens is 611 g/mol. The number of benzene rings is 2. The molecule has 2 aliphatic rings. The van der Waals surface area contributed by atoms with E-state index in [9.17, 15) is 22.4 Å². The normalized spacial score (nSPS) is 15.2. The third-order valence-corrected chi connectivity index (χ3v) is 8.27. The average molecular weight is 630 g/mol. The van der Waals surface area contributed by atoms with E-state index in [0.717, 1.165) is 0 Å². The molecule has 3 N–H and O–H groups in total. The van der Waals surface area contributed by atoms with Crippen LogP contribution in [0.1, 0.15) is 15.9 Å². The molecule has 14 heteroatoms. The number of rotatable bonds is 8. The SMILES string of the molecule is COC(=O)[C@H](Cc1ccc(F)c(Br)c1)NC(=O)c1ccc(Cl)cc1NS(=O)(=O)C1=CC=CN2SNC=C12. The number of methoxy groups -OCH3 is 1. The van der Waals surface area contributed by atoms with Gasteiger partial charge in [-0.15, -0.1) is 0 Å². The number of carbonyl (C=O) groups excluding carboxylic acids is 2. The highest BCUT2D eigenvalue weighted by Gasteiger charge is 2.31. The molecule has 37 heavy (non-hydrogen) atoms. The Bertz CT molecular complexity index is 1470. The smallest absolute Gasteiger partial charge is 0.328 e. The van der Waals surface area contributed by atoms with Gasteiger partial charge in [0.15, 0.2) is 0 Å². The van der Waals surface area contributed by atoms with Crippen molar-refractivity contribution in [2.75, 3.05) is 11.8 Å². The number of esters is 1. The molecule has 0 fully saturated rings. The van der Waals surface area contributed by atoms with Crippen LogP contribution in [0.25, 0.3) is 0 Å². The van der Waals surface area contributed by atoms with Crippen LogP contribution in [0.5, 0.6) is 0 Å². The maximum Gasteiger partial charge on any atom is 0.328 e. The summed E-state index contributed by atoms with van der Waals surface area (Å²) in [4.78, 5) is 25.6. The summed E-state index contributed by atoms with van der Waals surface area (Å²) in [6, 6.07) is 7.11. The van der Waals surface area contributed by atoms with Gasteiger partial charge in [-0.2, -0.15) is 0 Å². The molecule has 1 atom stereocenters. The Morgan fingerprint density at radius 3 is 2.78 bits per heavy atom. The lowest BCUT2D eigenvalue weighted by Crippen LogP contribution is -2.43. The van der Waals surface area contributed by atoms with Crippen molar-refractivity contribution in [1.82, 2.24) is 14.3 Å². The highest BCUT2D eigenvalue weighted by Crippen LogP contribution is 2.34. The summed E-state index contributed by atoms with van der Waals surface area (Å²) in [5.74, 6) is -1.96. The van der Waals surface area contributed by atoms with Gasteiger partial charge in [0.05, 0.1) is 40.7 Å². The van der Waals surface area contributed by atoms with Crippen molar-refractivity contribution in [1.29, 1.82) is 0 Å². The third kappa shape index (κ3) is 6.12. The Balaban J connectivity index is 1.60. The van der Waals surface area contributed by atoms with E-state index in [0.29, 0.717) is 11.3 Å². The van der Waals surface area contributed by atoms with Crippen molar-refractivity contribution in [3.8, 4) is 0 Å². The molecule has 9 nitrogen and oxygen atoms in total. The van der Waals surface area contributed by atoms with Gasteiger partial charge in [0, 0.05) is 23.8 Å². The van der Waals surface area contributed by atoms with Crippen molar-refractivity contribution in [2.24, 2.45) is 0 Å². The number of hydrogen-bond acceptors (Lipinski definition) is 8. The van der Waals surface area contributed by atoms with E-state index in [1.165, 1.54) is 61.7 Å². The van der Waals surface area contributed by atoms with Crippen LogP contribution in [0.3, 0.4) is 0 Å². The highest BCUT2D eigenvalue weighted by molar-refractivity contribution is 9.10. The number of sulfonamides is 1. The summed E-state index contributed by atoms with van der Waals surface area (Å²) in [5, 5.41) is 2.76. The number of amides is 1. The summed E-state index contributed by atoms with van der Waals surface area (Å²) in [6.07, 6.45) is 6.24. The molecule has 4 rings (SSSR count). The molecule has 0 bridgehead atoms. The largest absolute Gasteiger partial charge is 0.467 e. The van der Waals surface area contributed by atoms with Crippen LogP contribution in [0, 0.1) is 5.82 Å². The predicted molar refractivity (Wildman–Crippen MR) is 143 cm³/mol. The highest BCUT2D eigenvalue weighted by atomic mass is 79.9. The zero-order valence-electron chi connectivity index (χ0n) is 19.0. The quantitative estimate of drug-likeness (QED) is 0.294. The molecule has 0 saturated heterocycles. The molecule has 0 spiro atoms. The van der Waals surface area contributed by atoms with Crippen LogP contribution in [0.2, 0.25) is 5.02 Å². The molecule has 0 aromatic heterocycles. The van der Waals surface area contributed by atoms with Gasteiger partial charge < -0.3 is 14.8 Å². The van der Waals surface area contributed by atoms with E-state index in [1.54, 1.807) is 22.8 Å². The predicted octanol–water partition coefficient (Wildman–Crippen LogP) is 4.22. The summed E-state index contributed by atoms with van der Waals surface area (Å²) in [5.41, 5.74) is 0.807. The van der Waals surface area contributed by atoms with Crippen molar-refractivity contribution in [2.45, 2.75) is 12.5 Å². The molecule has 2 aromatic rings. The van der Waals surface area contributed by atoms with Crippen molar-refractivity contribution < 1.29 is 27.1 Å². The van der Waals surface area contributed by atoms with Gasteiger partial charge in [0.1, 0.15) is 16.8 Å². The fourth-order valence-corrected chi connectivity index (χ4v) is 6.11. The summed E-state index contributed by atoms with van der Waals surface area (Å²) in [7, 11) is -2.97. The van der Waals surface area contributed by atoms with Gasteiger partial charge in [-0.25, -0.2) is 17.6 Å². The zero-order chi connectivity index (χ0) is 26.7. The van der Waals surface area contributed by atoms with Gasteiger partial charge in [0.25, 0.3) is 15.9 Å². The molecule has 0 unspecified atom stereocenters. The Labute approximate surface area is 230 Å². The molecule has 0 radical (unpaired) electrons. The average Bonchev–Trinajstić information content (AvgIpc) is 3.34. The Hall–Kier alpha value is -3.00. The van der Waals surface area contributed by atoms with Crippen molar-refractivity contribution in [3.05, 3.63) is 98.0 Å². The Morgan fingerprint density at radius 2 is 2.05 bits per heavy atom. The minimum atomic E-state index is -4.14. The minimum Gasteiger partial charge on any atom is -0.467 e. The molecule has 2 heterocycles. The lowest BCUT2D eigenvalue weighted by atomic mass is 10.0. The number of ether oxygens (including phenoxy) is 1. The molecule has 1 amide bonds. The first-order valence-corrected chi connectivity index (χ1v) is 14.0. The van der Waals surface area contributed by atoms with Gasteiger partial charge in [-0.05, 0) is 64.0 Å². The number of carbonyl (C=O) groups is 2. The summed E-state index contributed by atoms with van der Waals surface area (Å²) >= 11 is 10.4. The van der Waals surface area contributed by atoms with E-state index in [-0.39, 0.29) is 32.1 Å². The van der Waals surface area contributed by atoms with Crippen LogP contribution in [-0.2, 0) is 26.0 Å². The van der Waals surface area contributed by atoms with E-state index in [4.69, 9.17) is 16.3 Å². The maximum atomic E-state index is 13.6. The van der Waals surface area contributed by atoms with Gasteiger partial charge in [0.2, 0.25) is 0 Å². The van der Waals surface area contributed by atoms with Crippen molar-refractivity contribution in [3.63, 3.8) is 0 Å². The first-order valence-electron chi connectivity index (χ1n) is 10.5. The first-order chi connectivity index (χ1) is 17.6. The van der Waals surface area contributed by atoms with Crippen LogP contribution in [-0.4, -0.2) is 37.8 Å². The molecule has 2 aromatic carbocycles. The third-order valence-electron chi connectivity index (χ3n) is 5.28. The van der Waals surface area contributed by atoms with Crippen LogP contribution in [0.4, 0.5) is 10.1 Å². The number of nitrogens with one attached hydrogen (secondary N) is 3. The fourth-order valence-electron chi connectivity index (χ4n) is 3.54. The van der Waals surface area contributed by atoms with Gasteiger partial charge in [-0.3, -0.25) is 13.8 Å². The fraction of sp³-hybridized carbons (Fsp3) is 0.130. The molecule has 0 aliphatic carbocycles. The lowest BCUT2D eigenvalue weighted by Gasteiger charge is -2.22. The van der Waals surface area contributed by atoms with Crippen LogP contribution >= 0.6 is 39.7 Å². The number of anilines is 1. The van der Waals surface area contributed by atoms with Crippen LogP contribution < -0.4 is 14.8 Å². The lowest BCUT2D eigenvalue weighted by molar-refractivity contribution is -0.142. The van der Waals surface area contributed by atoms with Gasteiger partial charge in [-0.1, -0.05) is 17.7 Å². The Morgan fingerprint density at radius 1 is 1.27 bits per heavy atom. The second kappa shape index (κ2) is 11.2. The first kappa shape index (κ1) is 27.0. The topological polar surface area (TPSA) is 117 Å².